The van der Waals surface area contributed by atoms with Gasteiger partial charge < -0.3 is 10.4 Å². The molecule has 2 N–H and O–H groups in total. The first-order valence-corrected chi connectivity index (χ1v) is 6.64. The average Bonchev–Trinajstić information content (AvgIpc) is 2.24. The molecule has 1 saturated carbocycles. The van der Waals surface area contributed by atoms with Crippen LogP contribution in [0.1, 0.15) is 40.5 Å². The van der Waals surface area contributed by atoms with E-state index in [4.69, 9.17) is 5.11 Å². The molecule has 0 saturated heterocycles. The van der Waals surface area contributed by atoms with Gasteiger partial charge in [-0.3, -0.25) is 4.79 Å². The quantitative estimate of drug-likeness (QED) is 0.882. The highest BCUT2D eigenvalue weighted by Gasteiger charge is 2.54. The molecule has 1 aromatic rings. The third kappa shape index (κ3) is 2.98. The Labute approximate surface area is 122 Å². The van der Waals surface area contributed by atoms with Crippen molar-refractivity contribution in [2.24, 2.45) is 0 Å². The monoisotopic (exact) mass is 347 g/mol. The molecule has 1 fully saturated rings. The molecule has 1 amide bonds. The number of carboxylic acids is 1. The second-order valence-corrected chi connectivity index (χ2v) is 6.08. The van der Waals surface area contributed by atoms with Crippen molar-refractivity contribution in [2.45, 2.75) is 31.2 Å². The van der Waals surface area contributed by atoms with Gasteiger partial charge in [0.15, 0.2) is 0 Å². The van der Waals surface area contributed by atoms with E-state index < -0.39 is 23.3 Å². The van der Waals surface area contributed by atoms with Crippen LogP contribution in [0.3, 0.4) is 0 Å². The van der Waals surface area contributed by atoms with E-state index in [2.05, 4.69) is 21.2 Å². The summed E-state index contributed by atoms with van der Waals surface area (Å²) in [5.74, 6) is -4.34. The van der Waals surface area contributed by atoms with E-state index in [1.807, 2.05) is 0 Å². The molecule has 0 radical (unpaired) electrons. The van der Waals surface area contributed by atoms with Gasteiger partial charge in [0.05, 0.1) is 5.56 Å². The van der Waals surface area contributed by atoms with Crippen LogP contribution >= 0.6 is 15.9 Å². The molecular formula is C13H12BrF2NO3. The Bertz CT molecular complexity index is 581. The molecule has 0 unspecified atom stereocenters. The highest BCUT2D eigenvalue weighted by atomic mass is 79.9. The fraction of sp³-hybridized carbons (Fsp3) is 0.385. The molecule has 108 valence electrons. The number of nitrogens with one attached hydrogen (secondary N) is 1. The standard InChI is InChI=1S/C13H12BrF2NO3/c1-12(5-13(15,16)6-12)17-10(18)7-2-3-8(11(19)20)9(14)4-7/h2-4H,5-6H2,1H3,(H,17,18)(H,19,20). The zero-order valence-electron chi connectivity index (χ0n) is 10.5. The first kappa shape index (κ1) is 14.9. The molecular weight excluding hydrogens is 336 g/mol. The van der Waals surface area contributed by atoms with Crippen molar-refractivity contribution in [1.82, 2.24) is 5.32 Å². The largest absolute Gasteiger partial charge is 0.478 e. The molecule has 0 bridgehead atoms. The number of hydrogen-bond donors (Lipinski definition) is 2. The maximum atomic E-state index is 12.9. The minimum Gasteiger partial charge on any atom is -0.478 e. The Kier molecular flexibility index (Phi) is 3.58. The molecule has 1 aromatic carbocycles. The number of aromatic carboxylic acids is 1. The molecule has 1 aliphatic rings. The van der Waals surface area contributed by atoms with E-state index in [1.54, 1.807) is 6.92 Å². The van der Waals surface area contributed by atoms with Crippen molar-refractivity contribution in [3.05, 3.63) is 33.8 Å². The number of carboxylic acid groups (broad SMARTS) is 1. The number of benzene rings is 1. The van der Waals surface area contributed by atoms with Crippen molar-refractivity contribution in [3.8, 4) is 0 Å². The number of alkyl halides is 2. The lowest BCUT2D eigenvalue weighted by molar-refractivity contribution is -0.124. The first-order chi connectivity index (χ1) is 9.12. The summed E-state index contributed by atoms with van der Waals surface area (Å²) in [4.78, 5) is 22.8. The van der Waals surface area contributed by atoms with Crippen molar-refractivity contribution in [2.75, 3.05) is 0 Å². The zero-order valence-corrected chi connectivity index (χ0v) is 12.1. The predicted molar refractivity (Wildman–Crippen MR) is 71.2 cm³/mol. The Morgan fingerprint density at radius 1 is 1.35 bits per heavy atom. The van der Waals surface area contributed by atoms with Crippen LogP contribution in [0.2, 0.25) is 0 Å². The van der Waals surface area contributed by atoms with Gasteiger partial charge in [-0.25, -0.2) is 13.6 Å². The van der Waals surface area contributed by atoms with Crippen LogP contribution < -0.4 is 5.32 Å². The van der Waals surface area contributed by atoms with E-state index in [-0.39, 0.29) is 28.4 Å². The smallest absolute Gasteiger partial charge is 0.336 e. The fourth-order valence-electron chi connectivity index (χ4n) is 2.35. The van der Waals surface area contributed by atoms with Gasteiger partial charge in [0.1, 0.15) is 0 Å². The van der Waals surface area contributed by atoms with Gasteiger partial charge in [0, 0.05) is 28.4 Å². The summed E-state index contributed by atoms with van der Waals surface area (Å²) in [7, 11) is 0. The van der Waals surface area contributed by atoms with Gasteiger partial charge in [0.2, 0.25) is 0 Å². The Morgan fingerprint density at radius 2 is 1.95 bits per heavy atom. The fourth-order valence-corrected chi connectivity index (χ4v) is 2.90. The topological polar surface area (TPSA) is 66.4 Å². The number of carbonyl (C=O) groups is 2. The number of halogens is 3. The van der Waals surface area contributed by atoms with Crippen molar-refractivity contribution >= 4 is 27.8 Å². The van der Waals surface area contributed by atoms with Crippen molar-refractivity contribution in [3.63, 3.8) is 0 Å². The van der Waals surface area contributed by atoms with Crippen LogP contribution in [0.15, 0.2) is 22.7 Å². The minimum atomic E-state index is -2.73. The lowest BCUT2D eigenvalue weighted by Gasteiger charge is -2.45. The SMILES string of the molecule is CC1(NC(=O)c2ccc(C(=O)O)c(Br)c2)CC(F)(F)C1. The number of rotatable bonds is 3. The van der Waals surface area contributed by atoms with E-state index >= 15 is 0 Å². The molecule has 7 heteroatoms. The molecule has 0 aliphatic heterocycles. The average molecular weight is 348 g/mol. The highest BCUT2D eigenvalue weighted by molar-refractivity contribution is 9.10. The first-order valence-electron chi connectivity index (χ1n) is 5.85. The number of hydrogen-bond acceptors (Lipinski definition) is 2. The summed E-state index contributed by atoms with van der Waals surface area (Å²) in [6.07, 6.45) is -0.778. The normalized spacial score (nSPS) is 19.0. The molecule has 2 rings (SSSR count). The summed E-state index contributed by atoms with van der Waals surface area (Å²) in [6.45, 7) is 1.56. The summed E-state index contributed by atoms with van der Waals surface area (Å²) in [5.41, 5.74) is -0.667. The summed E-state index contributed by atoms with van der Waals surface area (Å²) in [6, 6.07) is 4.00. The van der Waals surface area contributed by atoms with Gasteiger partial charge >= 0.3 is 5.97 Å². The van der Waals surface area contributed by atoms with Crippen LogP contribution in [0.4, 0.5) is 8.78 Å². The lowest BCUT2D eigenvalue weighted by Crippen LogP contribution is -2.60. The van der Waals surface area contributed by atoms with E-state index in [9.17, 15) is 18.4 Å². The molecule has 4 nitrogen and oxygen atoms in total. The molecule has 1 aliphatic carbocycles. The van der Waals surface area contributed by atoms with Gasteiger partial charge in [-0.1, -0.05) is 0 Å². The van der Waals surface area contributed by atoms with E-state index in [0.29, 0.717) is 0 Å². The number of carbonyl (C=O) groups excluding carboxylic acids is 1. The van der Waals surface area contributed by atoms with Gasteiger partial charge in [-0.15, -0.1) is 0 Å². The van der Waals surface area contributed by atoms with E-state index in [0.717, 1.165) is 0 Å². The van der Waals surface area contributed by atoms with Crippen LogP contribution in [0.25, 0.3) is 0 Å². The highest BCUT2D eigenvalue weighted by Crippen LogP contribution is 2.45. The Balaban J connectivity index is 2.11. The second kappa shape index (κ2) is 4.80. The predicted octanol–water partition coefficient (Wildman–Crippen LogP) is 3.06. The Hall–Kier alpha value is -1.50. The van der Waals surface area contributed by atoms with Gasteiger partial charge in [0.25, 0.3) is 11.8 Å². The van der Waals surface area contributed by atoms with Gasteiger partial charge in [-0.05, 0) is 41.1 Å². The number of amides is 1. The molecule has 0 aromatic heterocycles. The van der Waals surface area contributed by atoms with Crippen LogP contribution in [0, 0.1) is 0 Å². The lowest BCUT2D eigenvalue weighted by atomic mass is 9.75. The molecule has 0 spiro atoms. The minimum absolute atomic E-state index is 0.0305. The molecule has 0 heterocycles. The second-order valence-electron chi connectivity index (χ2n) is 5.22. The Morgan fingerprint density at radius 3 is 2.40 bits per heavy atom. The molecule has 0 atom stereocenters. The third-order valence-electron chi connectivity index (χ3n) is 3.17. The zero-order chi connectivity index (χ0) is 15.1. The maximum Gasteiger partial charge on any atom is 0.336 e. The van der Waals surface area contributed by atoms with Crippen LogP contribution in [-0.4, -0.2) is 28.4 Å². The summed E-state index contributed by atoms with van der Waals surface area (Å²) in [5, 5.41) is 11.4. The maximum absolute atomic E-state index is 12.9. The molecule has 20 heavy (non-hydrogen) atoms. The third-order valence-corrected chi connectivity index (χ3v) is 3.83. The van der Waals surface area contributed by atoms with Gasteiger partial charge in [-0.2, -0.15) is 0 Å². The van der Waals surface area contributed by atoms with E-state index in [1.165, 1.54) is 18.2 Å². The van der Waals surface area contributed by atoms with Crippen molar-refractivity contribution < 1.29 is 23.5 Å². The van der Waals surface area contributed by atoms with Crippen molar-refractivity contribution in [1.29, 1.82) is 0 Å². The summed E-state index contributed by atoms with van der Waals surface area (Å²) < 4.78 is 26.0. The van der Waals surface area contributed by atoms with Crippen LogP contribution in [-0.2, 0) is 0 Å². The summed E-state index contributed by atoms with van der Waals surface area (Å²) >= 11 is 3.06. The van der Waals surface area contributed by atoms with Crippen LogP contribution in [0.5, 0.6) is 0 Å².